The summed E-state index contributed by atoms with van der Waals surface area (Å²) >= 11 is 6.15. The summed E-state index contributed by atoms with van der Waals surface area (Å²) in [7, 11) is 1.86. The lowest BCUT2D eigenvalue weighted by molar-refractivity contribution is 0.247. The number of rotatable bonds is 2. The van der Waals surface area contributed by atoms with Crippen LogP contribution in [0.2, 0.25) is 5.15 Å². The standard InChI is InChI=1S/C10H16ClN3/c1-7-8(9(11)14(2)13-7)6-10(12)4-3-5-10/h3-6,12H2,1-2H3. The average Bonchev–Trinajstić information content (AvgIpc) is 2.29. The van der Waals surface area contributed by atoms with Crippen LogP contribution < -0.4 is 5.73 Å². The van der Waals surface area contributed by atoms with Gasteiger partial charge >= 0.3 is 0 Å². The van der Waals surface area contributed by atoms with Crippen molar-refractivity contribution in [3.05, 3.63) is 16.4 Å². The first-order valence-electron chi connectivity index (χ1n) is 4.99. The van der Waals surface area contributed by atoms with E-state index in [2.05, 4.69) is 5.10 Å². The third-order valence-electron chi connectivity index (χ3n) is 3.15. The number of nitrogens with two attached hydrogens (primary N) is 1. The molecule has 2 rings (SSSR count). The molecule has 0 spiro atoms. The Hall–Kier alpha value is -0.540. The van der Waals surface area contributed by atoms with Gasteiger partial charge in [-0.2, -0.15) is 5.10 Å². The highest BCUT2D eigenvalue weighted by atomic mass is 35.5. The van der Waals surface area contributed by atoms with Gasteiger partial charge in [-0.05, 0) is 32.6 Å². The maximum Gasteiger partial charge on any atom is 0.130 e. The van der Waals surface area contributed by atoms with Crippen LogP contribution in [-0.4, -0.2) is 15.3 Å². The van der Waals surface area contributed by atoms with Crippen LogP contribution in [0.1, 0.15) is 30.5 Å². The summed E-state index contributed by atoms with van der Waals surface area (Å²) in [5.74, 6) is 0. The predicted molar refractivity (Wildman–Crippen MR) is 57.4 cm³/mol. The van der Waals surface area contributed by atoms with Crippen LogP contribution in [-0.2, 0) is 13.5 Å². The van der Waals surface area contributed by atoms with Gasteiger partial charge in [-0.1, -0.05) is 11.6 Å². The number of hydrogen-bond acceptors (Lipinski definition) is 2. The maximum atomic E-state index is 6.19. The molecule has 1 saturated carbocycles. The van der Waals surface area contributed by atoms with E-state index in [0.717, 1.165) is 35.7 Å². The lowest BCUT2D eigenvalue weighted by Gasteiger charge is -2.38. The van der Waals surface area contributed by atoms with Gasteiger partial charge in [0.25, 0.3) is 0 Å². The molecule has 78 valence electrons. The maximum absolute atomic E-state index is 6.19. The molecule has 0 atom stereocenters. The molecule has 0 amide bonds. The summed E-state index contributed by atoms with van der Waals surface area (Å²) < 4.78 is 1.72. The van der Waals surface area contributed by atoms with Gasteiger partial charge in [0.05, 0.1) is 5.69 Å². The molecule has 0 unspecified atom stereocenters. The van der Waals surface area contributed by atoms with Crippen LogP contribution in [0.4, 0.5) is 0 Å². The second-order valence-corrected chi connectivity index (χ2v) is 4.73. The number of aryl methyl sites for hydroxylation is 2. The Kier molecular flexibility index (Phi) is 2.32. The number of aromatic nitrogens is 2. The summed E-state index contributed by atoms with van der Waals surface area (Å²) in [6, 6.07) is 0. The van der Waals surface area contributed by atoms with Crippen LogP contribution in [0.15, 0.2) is 0 Å². The van der Waals surface area contributed by atoms with Crippen LogP contribution in [0.5, 0.6) is 0 Å². The van der Waals surface area contributed by atoms with Gasteiger partial charge in [0.15, 0.2) is 0 Å². The minimum absolute atomic E-state index is 0.0164. The van der Waals surface area contributed by atoms with E-state index in [1.807, 2.05) is 14.0 Å². The first-order valence-corrected chi connectivity index (χ1v) is 5.36. The van der Waals surface area contributed by atoms with E-state index >= 15 is 0 Å². The van der Waals surface area contributed by atoms with E-state index < -0.39 is 0 Å². The Balaban J connectivity index is 2.23. The van der Waals surface area contributed by atoms with Crippen LogP contribution in [0.3, 0.4) is 0 Å². The van der Waals surface area contributed by atoms with E-state index in [4.69, 9.17) is 17.3 Å². The normalized spacial score (nSPS) is 19.4. The van der Waals surface area contributed by atoms with Gasteiger partial charge in [-0.15, -0.1) is 0 Å². The Morgan fingerprint density at radius 2 is 2.21 bits per heavy atom. The third-order valence-corrected chi connectivity index (χ3v) is 3.62. The summed E-state index contributed by atoms with van der Waals surface area (Å²) in [5.41, 5.74) is 8.30. The summed E-state index contributed by atoms with van der Waals surface area (Å²) in [4.78, 5) is 0. The van der Waals surface area contributed by atoms with Crippen LogP contribution in [0.25, 0.3) is 0 Å². The summed E-state index contributed by atoms with van der Waals surface area (Å²) in [6.45, 7) is 1.99. The zero-order chi connectivity index (χ0) is 10.3. The average molecular weight is 214 g/mol. The molecule has 1 aromatic rings. The number of halogens is 1. The van der Waals surface area contributed by atoms with E-state index in [0.29, 0.717) is 0 Å². The number of hydrogen-bond donors (Lipinski definition) is 1. The first-order chi connectivity index (χ1) is 6.52. The van der Waals surface area contributed by atoms with Crippen molar-refractivity contribution in [1.82, 2.24) is 9.78 Å². The molecule has 0 radical (unpaired) electrons. The number of nitrogens with zero attached hydrogens (tertiary/aromatic N) is 2. The van der Waals surface area contributed by atoms with E-state index in [1.165, 1.54) is 6.42 Å². The lowest BCUT2D eigenvalue weighted by Crippen LogP contribution is -2.48. The molecule has 1 aliphatic rings. The second kappa shape index (κ2) is 3.24. The van der Waals surface area contributed by atoms with Crippen molar-refractivity contribution < 1.29 is 0 Å². The van der Waals surface area contributed by atoms with E-state index in [-0.39, 0.29) is 5.54 Å². The van der Waals surface area contributed by atoms with Gasteiger partial charge in [0, 0.05) is 18.2 Å². The molecule has 2 N–H and O–H groups in total. The fourth-order valence-corrected chi connectivity index (χ4v) is 2.28. The first kappa shape index (κ1) is 9.99. The van der Waals surface area contributed by atoms with E-state index in [1.54, 1.807) is 4.68 Å². The van der Waals surface area contributed by atoms with E-state index in [9.17, 15) is 0 Å². The molecule has 14 heavy (non-hydrogen) atoms. The highest BCUT2D eigenvalue weighted by Crippen LogP contribution is 2.34. The molecule has 1 aromatic heterocycles. The van der Waals surface area contributed by atoms with Gasteiger partial charge in [-0.3, -0.25) is 4.68 Å². The summed E-state index contributed by atoms with van der Waals surface area (Å²) in [6.07, 6.45) is 4.33. The molecule has 3 nitrogen and oxygen atoms in total. The van der Waals surface area contributed by atoms with Crippen molar-refractivity contribution in [1.29, 1.82) is 0 Å². The predicted octanol–water partition coefficient (Wildman–Crippen LogP) is 1.81. The second-order valence-electron chi connectivity index (χ2n) is 4.37. The summed E-state index contributed by atoms with van der Waals surface area (Å²) in [5, 5.41) is 5.02. The quantitative estimate of drug-likeness (QED) is 0.815. The largest absolute Gasteiger partial charge is 0.325 e. The molecular formula is C10H16ClN3. The minimum Gasteiger partial charge on any atom is -0.325 e. The van der Waals surface area contributed by atoms with Crippen molar-refractivity contribution in [2.45, 2.75) is 38.1 Å². The molecule has 0 bridgehead atoms. The molecule has 0 aliphatic heterocycles. The molecule has 4 heteroatoms. The van der Waals surface area contributed by atoms with Gasteiger partial charge in [0.2, 0.25) is 0 Å². The van der Waals surface area contributed by atoms with Crippen LogP contribution in [0, 0.1) is 6.92 Å². The Bertz CT molecular complexity index is 352. The highest BCUT2D eigenvalue weighted by molar-refractivity contribution is 6.30. The molecule has 0 saturated heterocycles. The fraction of sp³-hybridized carbons (Fsp3) is 0.700. The fourth-order valence-electron chi connectivity index (χ4n) is 2.03. The van der Waals surface area contributed by atoms with Crippen molar-refractivity contribution in [2.24, 2.45) is 12.8 Å². The Morgan fingerprint density at radius 3 is 2.57 bits per heavy atom. The molecule has 1 aliphatic carbocycles. The van der Waals surface area contributed by atoms with Gasteiger partial charge in [0.1, 0.15) is 5.15 Å². The minimum atomic E-state index is -0.0164. The third kappa shape index (κ3) is 1.55. The topological polar surface area (TPSA) is 43.8 Å². The van der Waals surface area contributed by atoms with Gasteiger partial charge in [-0.25, -0.2) is 0 Å². The molecule has 1 heterocycles. The van der Waals surface area contributed by atoms with Crippen molar-refractivity contribution in [2.75, 3.05) is 0 Å². The van der Waals surface area contributed by atoms with Crippen LogP contribution >= 0.6 is 11.6 Å². The monoisotopic (exact) mass is 213 g/mol. The smallest absolute Gasteiger partial charge is 0.130 e. The van der Waals surface area contributed by atoms with Crippen molar-refractivity contribution in [3.8, 4) is 0 Å². The zero-order valence-electron chi connectivity index (χ0n) is 8.68. The SMILES string of the molecule is Cc1nn(C)c(Cl)c1CC1(N)CCC1. The molecule has 1 fully saturated rings. The molecule has 0 aromatic carbocycles. The Morgan fingerprint density at radius 1 is 1.57 bits per heavy atom. The lowest BCUT2D eigenvalue weighted by atomic mass is 9.74. The van der Waals surface area contributed by atoms with Gasteiger partial charge < -0.3 is 5.73 Å². The van der Waals surface area contributed by atoms with Crippen molar-refractivity contribution in [3.63, 3.8) is 0 Å². The molecular weight excluding hydrogens is 198 g/mol. The Labute approximate surface area is 89.2 Å². The highest BCUT2D eigenvalue weighted by Gasteiger charge is 2.34. The zero-order valence-corrected chi connectivity index (χ0v) is 9.43. The van der Waals surface area contributed by atoms with Crippen molar-refractivity contribution >= 4 is 11.6 Å².